The molecule has 6 nitrogen and oxygen atoms in total. The van der Waals surface area contributed by atoms with Crippen LogP contribution in [0.1, 0.15) is 88.2 Å². The molecular formula is C25H32N2O4S. The molecule has 0 radical (unpaired) electrons. The van der Waals surface area contributed by atoms with E-state index in [0.29, 0.717) is 36.3 Å². The molecule has 0 saturated carbocycles. The van der Waals surface area contributed by atoms with Crippen molar-refractivity contribution in [1.82, 2.24) is 9.29 Å². The Balaban J connectivity index is 1.62. The Hall–Kier alpha value is -2.25. The Labute approximate surface area is 190 Å². The highest BCUT2D eigenvalue weighted by atomic mass is 32.2. The van der Waals surface area contributed by atoms with E-state index in [0.717, 1.165) is 61.8 Å². The number of rotatable bonds is 5. The fourth-order valence-electron chi connectivity index (χ4n) is 4.95. The number of carbonyl (C=O) groups is 2. The van der Waals surface area contributed by atoms with Crippen LogP contribution in [0.25, 0.3) is 0 Å². The Morgan fingerprint density at radius 2 is 1.69 bits per heavy atom. The molecule has 4 rings (SSSR count). The predicted molar refractivity (Wildman–Crippen MR) is 124 cm³/mol. The van der Waals surface area contributed by atoms with Crippen molar-refractivity contribution in [1.29, 1.82) is 0 Å². The van der Waals surface area contributed by atoms with Gasteiger partial charge >= 0.3 is 0 Å². The van der Waals surface area contributed by atoms with E-state index >= 15 is 0 Å². The van der Waals surface area contributed by atoms with E-state index in [9.17, 15) is 18.0 Å². The number of Topliss-reactive ketones (excluding diaryl/α,β-unsaturated/α-hetero) is 2. The topological polar surface area (TPSA) is 87.3 Å². The van der Waals surface area contributed by atoms with Crippen molar-refractivity contribution in [3.05, 3.63) is 51.8 Å². The molecule has 1 aromatic carbocycles. The SMILES string of the molecule is Cc1ccc(S(=O)(=O)N2CCCCCC2)cc1CC(=O)c1[nH]c(C)c2c1CCCCC2=O. The predicted octanol–water partition coefficient (Wildman–Crippen LogP) is 4.53. The highest BCUT2D eigenvalue weighted by Gasteiger charge is 2.28. The molecule has 1 aliphatic heterocycles. The second kappa shape index (κ2) is 9.32. The molecular weight excluding hydrogens is 424 g/mol. The zero-order valence-corrected chi connectivity index (χ0v) is 19.8. The third-order valence-corrected chi connectivity index (χ3v) is 8.70. The van der Waals surface area contributed by atoms with Gasteiger partial charge in [-0.1, -0.05) is 18.9 Å². The van der Waals surface area contributed by atoms with E-state index in [-0.39, 0.29) is 22.9 Å². The quantitative estimate of drug-likeness (QED) is 0.529. The maximum atomic E-state index is 13.3. The van der Waals surface area contributed by atoms with Crippen LogP contribution < -0.4 is 0 Å². The monoisotopic (exact) mass is 456 g/mol. The van der Waals surface area contributed by atoms with Gasteiger partial charge in [-0.3, -0.25) is 9.59 Å². The van der Waals surface area contributed by atoms with E-state index in [4.69, 9.17) is 0 Å². The number of ketones is 2. The Morgan fingerprint density at radius 3 is 2.41 bits per heavy atom. The normalized spacial score (nSPS) is 18.1. The lowest BCUT2D eigenvalue weighted by atomic mass is 9.97. The molecule has 0 atom stereocenters. The molecule has 1 aliphatic carbocycles. The minimum Gasteiger partial charge on any atom is -0.355 e. The van der Waals surface area contributed by atoms with Crippen molar-refractivity contribution in [2.24, 2.45) is 0 Å². The lowest BCUT2D eigenvalue weighted by Gasteiger charge is -2.20. The highest BCUT2D eigenvalue weighted by Crippen LogP contribution is 2.29. The lowest BCUT2D eigenvalue weighted by Crippen LogP contribution is -2.32. The first-order valence-electron chi connectivity index (χ1n) is 11.7. The summed E-state index contributed by atoms with van der Waals surface area (Å²) in [5.74, 6) is 0.00323. The number of carbonyl (C=O) groups excluding carboxylic acids is 2. The standard InChI is InChI=1S/C25H32N2O4S/c1-17-11-12-20(32(30,31)27-13-7-3-4-8-14-27)15-19(17)16-23(29)25-21-9-5-6-10-22(28)24(21)18(2)26-25/h11-12,15,26H,3-10,13-14,16H2,1-2H3. The summed E-state index contributed by atoms with van der Waals surface area (Å²) in [5, 5.41) is 0. The van der Waals surface area contributed by atoms with Gasteiger partial charge in [0, 0.05) is 37.2 Å². The number of benzene rings is 1. The van der Waals surface area contributed by atoms with Gasteiger partial charge in [-0.05, 0) is 74.8 Å². The van der Waals surface area contributed by atoms with E-state index in [1.165, 1.54) is 0 Å². The van der Waals surface area contributed by atoms with Gasteiger partial charge in [0.1, 0.15) is 0 Å². The third-order valence-electron chi connectivity index (χ3n) is 6.80. The summed E-state index contributed by atoms with van der Waals surface area (Å²) in [6.07, 6.45) is 6.96. The second-order valence-corrected chi connectivity index (χ2v) is 11.1. The molecule has 0 bridgehead atoms. The molecule has 2 aromatic rings. The molecule has 2 aliphatic rings. The third kappa shape index (κ3) is 4.46. The van der Waals surface area contributed by atoms with Gasteiger partial charge in [0.05, 0.1) is 10.6 Å². The van der Waals surface area contributed by atoms with Crippen LogP contribution in [-0.2, 0) is 22.9 Å². The first-order chi connectivity index (χ1) is 15.3. The van der Waals surface area contributed by atoms with Crippen molar-refractivity contribution in [3.8, 4) is 0 Å². The van der Waals surface area contributed by atoms with Crippen LogP contribution in [0, 0.1) is 13.8 Å². The van der Waals surface area contributed by atoms with Crippen molar-refractivity contribution >= 4 is 21.6 Å². The largest absolute Gasteiger partial charge is 0.355 e. The maximum Gasteiger partial charge on any atom is 0.243 e. The van der Waals surface area contributed by atoms with E-state index in [1.807, 2.05) is 13.8 Å². The van der Waals surface area contributed by atoms with Gasteiger partial charge in [-0.2, -0.15) is 4.31 Å². The van der Waals surface area contributed by atoms with Gasteiger partial charge in [0.15, 0.2) is 11.6 Å². The second-order valence-electron chi connectivity index (χ2n) is 9.12. The van der Waals surface area contributed by atoms with Gasteiger partial charge < -0.3 is 4.98 Å². The van der Waals surface area contributed by atoms with Crippen molar-refractivity contribution in [2.75, 3.05) is 13.1 Å². The number of aromatic amines is 1. The van der Waals surface area contributed by atoms with Gasteiger partial charge in [-0.25, -0.2) is 8.42 Å². The van der Waals surface area contributed by atoms with Gasteiger partial charge in [0.2, 0.25) is 10.0 Å². The molecule has 2 heterocycles. The van der Waals surface area contributed by atoms with E-state index in [1.54, 1.807) is 22.5 Å². The van der Waals surface area contributed by atoms with Crippen LogP contribution in [-0.4, -0.2) is 42.4 Å². The first-order valence-corrected chi connectivity index (χ1v) is 13.1. The Morgan fingerprint density at radius 1 is 1.00 bits per heavy atom. The average Bonchev–Trinajstić information content (AvgIpc) is 2.95. The minimum absolute atomic E-state index is 0.100. The Bertz CT molecular complexity index is 1140. The maximum absolute atomic E-state index is 13.3. The van der Waals surface area contributed by atoms with E-state index < -0.39 is 10.0 Å². The first kappa shape index (κ1) is 22.9. The number of hydrogen-bond donors (Lipinski definition) is 1. The van der Waals surface area contributed by atoms with Crippen molar-refractivity contribution in [2.45, 2.75) is 76.5 Å². The lowest BCUT2D eigenvalue weighted by molar-refractivity contribution is 0.0978. The zero-order valence-electron chi connectivity index (χ0n) is 19.0. The molecule has 1 N–H and O–H groups in total. The zero-order chi connectivity index (χ0) is 22.9. The Kier molecular flexibility index (Phi) is 6.67. The molecule has 1 fully saturated rings. The van der Waals surface area contributed by atoms with Crippen LogP contribution in [0.5, 0.6) is 0 Å². The number of sulfonamides is 1. The fourth-order valence-corrected chi connectivity index (χ4v) is 6.51. The number of aromatic nitrogens is 1. The molecule has 32 heavy (non-hydrogen) atoms. The molecule has 7 heteroatoms. The summed E-state index contributed by atoms with van der Waals surface area (Å²) in [6, 6.07) is 5.09. The summed E-state index contributed by atoms with van der Waals surface area (Å²) in [5.41, 5.74) is 4.38. The number of hydrogen-bond acceptors (Lipinski definition) is 4. The van der Waals surface area contributed by atoms with Crippen molar-refractivity contribution in [3.63, 3.8) is 0 Å². The molecule has 0 unspecified atom stereocenters. The highest BCUT2D eigenvalue weighted by molar-refractivity contribution is 7.89. The van der Waals surface area contributed by atoms with Gasteiger partial charge in [0.25, 0.3) is 0 Å². The van der Waals surface area contributed by atoms with E-state index in [2.05, 4.69) is 4.98 Å². The molecule has 0 amide bonds. The van der Waals surface area contributed by atoms with Gasteiger partial charge in [-0.15, -0.1) is 0 Å². The molecule has 172 valence electrons. The minimum atomic E-state index is -3.58. The summed E-state index contributed by atoms with van der Waals surface area (Å²) in [4.78, 5) is 29.2. The molecule has 1 saturated heterocycles. The number of nitrogens with zero attached hydrogens (tertiary/aromatic N) is 1. The smallest absolute Gasteiger partial charge is 0.243 e. The average molecular weight is 457 g/mol. The van der Waals surface area contributed by atoms with Crippen LogP contribution in [0.4, 0.5) is 0 Å². The molecule has 0 spiro atoms. The van der Waals surface area contributed by atoms with Crippen LogP contribution >= 0.6 is 0 Å². The summed E-state index contributed by atoms with van der Waals surface area (Å²) < 4.78 is 28.0. The summed E-state index contributed by atoms with van der Waals surface area (Å²) in [7, 11) is -3.58. The molecule has 1 aromatic heterocycles. The fraction of sp³-hybridized carbons (Fsp3) is 0.520. The van der Waals surface area contributed by atoms with Crippen molar-refractivity contribution < 1.29 is 18.0 Å². The van der Waals surface area contributed by atoms with Crippen LogP contribution in [0.15, 0.2) is 23.1 Å². The number of fused-ring (bicyclic) bond motifs is 1. The van der Waals surface area contributed by atoms with Crippen LogP contribution in [0.2, 0.25) is 0 Å². The number of H-pyrrole nitrogens is 1. The number of nitrogens with one attached hydrogen (secondary N) is 1. The summed E-state index contributed by atoms with van der Waals surface area (Å²) in [6.45, 7) is 4.84. The summed E-state index contributed by atoms with van der Waals surface area (Å²) >= 11 is 0. The van der Waals surface area contributed by atoms with Crippen LogP contribution in [0.3, 0.4) is 0 Å². The number of aryl methyl sites for hydroxylation is 2.